The highest BCUT2D eigenvalue weighted by atomic mass is 16.2. The molecule has 1 atom stereocenters. The average molecular weight is 409 g/mol. The SMILES string of the molecule is CC1(C)CNC(=O)C2(CCN(C(=O)C3CCCc4c3[nH]c3ccccc43)CC2)NC1. The highest BCUT2D eigenvalue weighted by molar-refractivity contribution is 5.91. The molecule has 0 radical (unpaired) electrons. The number of benzene rings is 1. The number of aromatic amines is 1. The van der Waals surface area contributed by atoms with Crippen molar-refractivity contribution in [3.05, 3.63) is 35.5 Å². The van der Waals surface area contributed by atoms with Crippen molar-refractivity contribution in [3.63, 3.8) is 0 Å². The van der Waals surface area contributed by atoms with Crippen molar-refractivity contribution in [3.8, 4) is 0 Å². The van der Waals surface area contributed by atoms with Crippen LogP contribution in [-0.4, -0.2) is 53.4 Å². The minimum Gasteiger partial charge on any atom is -0.357 e. The zero-order chi connectivity index (χ0) is 20.9. The smallest absolute Gasteiger partial charge is 0.240 e. The monoisotopic (exact) mass is 408 g/mol. The van der Waals surface area contributed by atoms with Crippen LogP contribution in [0.15, 0.2) is 24.3 Å². The third-order valence-electron chi connectivity index (χ3n) is 7.41. The maximum atomic E-state index is 13.5. The van der Waals surface area contributed by atoms with Crippen LogP contribution in [0.2, 0.25) is 0 Å². The molecule has 3 heterocycles. The number of nitrogens with one attached hydrogen (secondary N) is 3. The number of rotatable bonds is 1. The van der Waals surface area contributed by atoms with Crippen LogP contribution in [0.5, 0.6) is 0 Å². The Labute approximate surface area is 177 Å². The van der Waals surface area contributed by atoms with E-state index in [1.807, 2.05) is 11.0 Å². The molecular formula is C24H32N4O2. The van der Waals surface area contributed by atoms with E-state index in [1.165, 1.54) is 10.9 Å². The fourth-order valence-corrected chi connectivity index (χ4v) is 5.43. The fraction of sp³-hybridized carbons (Fsp3) is 0.583. The molecule has 1 aromatic carbocycles. The summed E-state index contributed by atoms with van der Waals surface area (Å²) in [6, 6.07) is 8.35. The van der Waals surface area contributed by atoms with Gasteiger partial charge >= 0.3 is 0 Å². The van der Waals surface area contributed by atoms with Crippen LogP contribution >= 0.6 is 0 Å². The van der Waals surface area contributed by atoms with Crippen LogP contribution in [0.1, 0.15) is 56.7 Å². The molecule has 0 saturated carbocycles. The van der Waals surface area contributed by atoms with Crippen molar-refractivity contribution in [1.82, 2.24) is 20.5 Å². The van der Waals surface area contributed by atoms with Crippen LogP contribution in [0, 0.1) is 5.41 Å². The summed E-state index contributed by atoms with van der Waals surface area (Å²) in [7, 11) is 0. The summed E-state index contributed by atoms with van der Waals surface area (Å²) >= 11 is 0. The molecule has 5 rings (SSSR count). The summed E-state index contributed by atoms with van der Waals surface area (Å²) in [5, 5.41) is 7.93. The lowest BCUT2D eigenvalue weighted by Gasteiger charge is -2.41. The van der Waals surface area contributed by atoms with Crippen molar-refractivity contribution in [2.75, 3.05) is 26.2 Å². The number of aryl methyl sites for hydroxylation is 1. The van der Waals surface area contributed by atoms with Crippen molar-refractivity contribution >= 4 is 22.7 Å². The lowest BCUT2D eigenvalue weighted by Crippen LogP contribution is -2.61. The second-order valence-electron chi connectivity index (χ2n) is 10.1. The van der Waals surface area contributed by atoms with Gasteiger partial charge in [0.25, 0.3) is 0 Å². The molecular weight excluding hydrogens is 376 g/mol. The Morgan fingerprint density at radius 1 is 1.13 bits per heavy atom. The largest absolute Gasteiger partial charge is 0.357 e. The van der Waals surface area contributed by atoms with Gasteiger partial charge in [-0.1, -0.05) is 32.0 Å². The molecule has 6 heteroatoms. The number of fused-ring (bicyclic) bond motifs is 3. The molecule has 3 N–H and O–H groups in total. The van der Waals surface area contributed by atoms with Gasteiger partial charge in [-0.05, 0) is 49.1 Å². The molecule has 2 saturated heterocycles. The van der Waals surface area contributed by atoms with Crippen LogP contribution in [0.25, 0.3) is 10.9 Å². The number of likely N-dealkylation sites (tertiary alicyclic amines) is 1. The predicted octanol–water partition coefficient (Wildman–Crippen LogP) is 2.69. The molecule has 2 aliphatic heterocycles. The lowest BCUT2D eigenvalue weighted by atomic mass is 9.83. The fourth-order valence-electron chi connectivity index (χ4n) is 5.43. The molecule has 1 aromatic heterocycles. The summed E-state index contributed by atoms with van der Waals surface area (Å²) in [5.41, 5.74) is 3.06. The van der Waals surface area contributed by atoms with Gasteiger partial charge in [0.05, 0.1) is 5.92 Å². The Kier molecular flexibility index (Phi) is 4.65. The van der Waals surface area contributed by atoms with Crippen molar-refractivity contribution < 1.29 is 9.59 Å². The lowest BCUT2D eigenvalue weighted by molar-refractivity contribution is -0.138. The number of piperidine rings is 1. The zero-order valence-electron chi connectivity index (χ0n) is 18.0. The van der Waals surface area contributed by atoms with Gasteiger partial charge < -0.3 is 20.5 Å². The first-order valence-corrected chi connectivity index (χ1v) is 11.3. The van der Waals surface area contributed by atoms with Gasteiger partial charge in [-0.2, -0.15) is 0 Å². The molecule has 1 unspecified atom stereocenters. The zero-order valence-corrected chi connectivity index (χ0v) is 18.0. The van der Waals surface area contributed by atoms with E-state index in [4.69, 9.17) is 0 Å². The number of hydrogen-bond acceptors (Lipinski definition) is 3. The topological polar surface area (TPSA) is 77.2 Å². The molecule has 0 bridgehead atoms. The second kappa shape index (κ2) is 7.12. The van der Waals surface area contributed by atoms with E-state index in [9.17, 15) is 9.59 Å². The normalized spacial score (nSPS) is 25.6. The summed E-state index contributed by atoms with van der Waals surface area (Å²) in [4.78, 5) is 31.9. The molecule has 3 aliphatic rings. The maximum Gasteiger partial charge on any atom is 0.240 e. The van der Waals surface area contributed by atoms with Crippen LogP contribution in [0.3, 0.4) is 0 Å². The van der Waals surface area contributed by atoms with Crippen LogP contribution in [-0.2, 0) is 16.0 Å². The first-order chi connectivity index (χ1) is 14.4. The molecule has 1 aliphatic carbocycles. The standard InChI is InChI=1S/C24H32N4O2/c1-23(2)14-25-22(30)24(26-15-23)10-12-28(13-11-24)21(29)18-8-5-7-17-16-6-3-4-9-19(16)27-20(17)18/h3-4,6,9,18,26-27H,5,7-8,10-15H2,1-2H3,(H,25,30). The van der Waals surface area contributed by atoms with Gasteiger partial charge in [0.15, 0.2) is 0 Å². The third-order valence-corrected chi connectivity index (χ3v) is 7.41. The minimum atomic E-state index is -0.538. The molecule has 160 valence electrons. The third kappa shape index (κ3) is 3.22. The van der Waals surface area contributed by atoms with E-state index in [0.717, 1.165) is 37.0 Å². The van der Waals surface area contributed by atoms with Gasteiger partial charge in [-0.3, -0.25) is 9.59 Å². The summed E-state index contributed by atoms with van der Waals surface area (Å²) in [5.74, 6) is 0.215. The van der Waals surface area contributed by atoms with E-state index >= 15 is 0 Å². The molecule has 2 amide bonds. The van der Waals surface area contributed by atoms with Gasteiger partial charge in [-0.15, -0.1) is 0 Å². The number of carbonyl (C=O) groups is 2. The minimum absolute atomic E-state index is 0.0419. The van der Waals surface area contributed by atoms with Gasteiger partial charge in [0.2, 0.25) is 11.8 Å². The number of aromatic nitrogens is 1. The molecule has 6 nitrogen and oxygen atoms in total. The number of hydrogen-bond donors (Lipinski definition) is 3. The number of nitrogens with zero attached hydrogens (tertiary/aromatic N) is 1. The van der Waals surface area contributed by atoms with E-state index in [-0.39, 0.29) is 23.1 Å². The van der Waals surface area contributed by atoms with Crippen molar-refractivity contribution in [2.24, 2.45) is 5.41 Å². The number of H-pyrrole nitrogens is 1. The van der Waals surface area contributed by atoms with Crippen LogP contribution in [0.4, 0.5) is 0 Å². The average Bonchev–Trinajstić information content (AvgIpc) is 3.10. The number of amides is 2. The second-order valence-corrected chi connectivity index (χ2v) is 10.1. The molecule has 1 spiro atoms. The first-order valence-electron chi connectivity index (χ1n) is 11.3. The molecule has 30 heavy (non-hydrogen) atoms. The Bertz CT molecular complexity index is 984. The Morgan fingerprint density at radius 2 is 1.90 bits per heavy atom. The Balaban J connectivity index is 1.33. The van der Waals surface area contributed by atoms with E-state index in [2.05, 4.69) is 47.7 Å². The van der Waals surface area contributed by atoms with Gasteiger partial charge in [-0.25, -0.2) is 0 Å². The highest BCUT2D eigenvalue weighted by Gasteiger charge is 2.45. The quantitative estimate of drug-likeness (QED) is 0.679. The molecule has 2 aromatic rings. The summed E-state index contributed by atoms with van der Waals surface area (Å²) < 4.78 is 0. The number of carbonyl (C=O) groups excluding carboxylic acids is 2. The summed E-state index contributed by atoms with van der Waals surface area (Å²) in [6.45, 7) is 7.09. The van der Waals surface area contributed by atoms with Gasteiger partial charge in [0, 0.05) is 42.8 Å². The predicted molar refractivity (Wildman–Crippen MR) is 117 cm³/mol. The van der Waals surface area contributed by atoms with Crippen LogP contribution < -0.4 is 10.6 Å². The Hall–Kier alpha value is -2.34. The number of para-hydroxylation sites is 1. The van der Waals surface area contributed by atoms with E-state index in [1.54, 1.807) is 0 Å². The van der Waals surface area contributed by atoms with Gasteiger partial charge in [0.1, 0.15) is 5.54 Å². The maximum absolute atomic E-state index is 13.5. The van der Waals surface area contributed by atoms with E-state index in [0.29, 0.717) is 32.5 Å². The summed E-state index contributed by atoms with van der Waals surface area (Å²) in [6.07, 6.45) is 4.32. The highest BCUT2D eigenvalue weighted by Crippen LogP contribution is 2.38. The molecule has 2 fully saturated rings. The van der Waals surface area contributed by atoms with Crippen molar-refractivity contribution in [1.29, 1.82) is 0 Å². The Morgan fingerprint density at radius 3 is 2.70 bits per heavy atom. The van der Waals surface area contributed by atoms with Crippen molar-refractivity contribution in [2.45, 2.75) is 57.4 Å². The van der Waals surface area contributed by atoms with E-state index < -0.39 is 5.54 Å². The first kappa shape index (κ1) is 19.6.